The highest BCUT2D eigenvalue weighted by molar-refractivity contribution is 6.03. The Morgan fingerprint density at radius 2 is 2.06 bits per heavy atom. The lowest BCUT2D eigenvalue weighted by Crippen LogP contribution is -2.11. The Labute approximate surface area is 98.8 Å². The number of hydrogen-bond acceptors (Lipinski definition) is 3. The highest BCUT2D eigenvalue weighted by atomic mass is 16.5. The van der Waals surface area contributed by atoms with E-state index in [1.165, 1.54) is 0 Å². The zero-order chi connectivity index (χ0) is 12.3. The van der Waals surface area contributed by atoms with Crippen LogP contribution in [0.5, 0.6) is 5.75 Å². The summed E-state index contributed by atoms with van der Waals surface area (Å²) in [5.74, 6) is 1.04. The number of aromatic nitrogens is 2. The summed E-state index contributed by atoms with van der Waals surface area (Å²) in [7, 11) is 1.58. The minimum atomic E-state index is -0.195. The van der Waals surface area contributed by atoms with Gasteiger partial charge in [-0.05, 0) is 31.2 Å². The molecule has 2 aromatic rings. The van der Waals surface area contributed by atoms with Gasteiger partial charge in [0, 0.05) is 17.3 Å². The van der Waals surface area contributed by atoms with Gasteiger partial charge in [-0.2, -0.15) is 5.10 Å². The molecule has 0 spiro atoms. The van der Waals surface area contributed by atoms with Crippen LogP contribution in [-0.4, -0.2) is 23.2 Å². The maximum Gasteiger partial charge on any atom is 0.256 e. The highest BCUT2D eigenvalue weighted by Gasteiger charge is 2.07. The van der Waals surface area contributed by atoms with Crippen LogP contribution in [0.4, 0.5) is 5.82 Å². The number of nitrogens with zero attached hydrogens (tertiary/aromatic N) is 1. The van der Waals surface area contributed by atoms with Gasteiger partial charge < -0.3 is 10.1 Å². The Morgan fingerprint density at radius 1 is 1.35 bits per heavy atom. The highest BCUT2D eigenvalue weighted by Crippen LogP contribution is 2.13. The number of H-pyrrole nitrogens is 1. The SMILES string of the molecule is COc1ccc(C(=O)Nc2cc(C)[nH]n2)cc1. The van der Waals surface area contributed by atoms with Gasteiger partial charge >= 0.3 is 0 Å². The molecule has 1 amide bonds. The molecule has 0 radical (unpaired) electrons. The van der Waals surface area contributed by atoms with Gasteiger partial charge in [0.05, 0.1) is 7.11 Å². The fourth-order valence-electron chi connectivity index (χ4n) is 1.41. The van der Waals surface area contributed by atoms with E-state index in [0.29, 0.717) is 11.4 Å². The number of rotatable bonds is 3. The Bertz CT molecular complexity index is 517. The lowest BCUT2D eigenvalue weighted by Gasteiger charge is -2.03. The molecular formula is C12H13N3O2. The van der Waals surface area contributed by atoms with Crippen molar-refractivity contribution in [1.82, 2.24) is 10.2 Å². The van der Waals surface area contributed by atoms with E-state index in [1.54, 1.807) is 37.4 Å². The van der Waals surface area contributed by atoms with Crippen LogP contribution in [0.3, 0.4) is 0 Å². The van der Waals surface area contributed by atoms with Crippen LogP contribution < -0.4 is 10.1 Å². The summed E-state index contributed by atoms with van der Waals surface area (Å²) >= 11 is 0. The molecule has 2 N–H and O–H groups in total. The van der Waals surface area contributed by atoms with Gasteiger partial charge in [-0.3, -0.25) is 9.89 Å². The van der Waals surface area contributed by atoms with E-state index in [9.17, 15) is 4.79 Å². The van der Waals surface area contributed by atoms with E-state index in [2.05, 4.69) is 15.5 Å². The summed E-state index contributed by atoms with van der Waals surface area (Å²) in [6.07, 6.45) is 0. The van der Waals surface area contributed by atoms with Crippen LogP contribution in [0, 0.1) is 6.92 Å². The number of benzene rings is 1. The van der Waals surface area contributed by atoms with E-state index in [-0.39, 0.29) is 5.91 Å². The monoisotopic (exact) mass is 231 g/mol. The molecule has 5 nitrogen and oxygen atoms in total. The maximum absolute atomic E-state index is 11.8. The average molecular weight is 231 g/mol. The van der Waals surface area contributed by atoms with Crippen molar-refractivity contribution in [1.29, 1.82) is 0 Å². The summed E-state index contributed by atoms with van der Waals surface area (Å²) in [6, 6.07) is 8.65. The predicted molar refractivity (Wildman–Crippen MR) is 64.3 cm³/mol. The molecule has 0 saturated heterocycles. The van der Waals surface area contributed by atoms with Gasteiger partial charge in [-0.15, -0.1) is 0 Å². The van der Waals surface area contributed by atoms with Crippen LogP contribution in [0.2, 0.25) is 0 Å². The van der Waals surface area contributed by atoms with E-state index in [1.807, 2.05) is 6.92 Å². The van der Waals surface area contributed by atoms with Crippen molar-refractivity contribution in [2.45, 2.75) is 6.92 Å². The molecule has 0 unspecified atom stereocenters. The number of methoxy groups -OCH3 is 1. The van der Waals surface area contributed by atoms with Crippen LogP contribution in [0.1, 0.15) is 16.1 Å². The molecule has 0 fully saturated rings. The van der Waals surface area contributed by atoms with Gasteiger partial charge in [0.2, 0.25) is 0 Å². The van der Waals surface area contributed by atoms with Gasteiger partial charge in [0.25, 0.3) is 5.91 Å². The topological polar surface area (TPSA) is 67.0 Å². The van der Waals surface area contributed by atoms with E-state index < -0.39 is 0 Å². The Balaban J connectivity index is 2.09. The molecule has 1 aromatic heterocycles. The minimum Gasteiger partial charge on any atom is -0.497 e. The number of nitrogens with one attached hydrogen (secondary N) is 2. The molecule has 1 heterocycles. The van der Waals surface area contributed by atoms with Gasteiger partial charge in [0.15, 0.2) is 5.82 Å². The molecule has 0 aliphatic carbocycles. The quantitative estimate of drug-likeness (QED) is 0.848. The van der Waals surface area contributed by atoms with Crippen molar-refractivity contribution in [2.24, 2.45) is 0 Å². The molecule has 1 aromatic carbocycles. The zero-order valence-electron chi connectivity index (χ0n) is 9.65. The van der Waals surface area contributed by atoms with E-state index in [4.69, 9.17) is 4.74 Å². The van der Waals surface area contributed by atoms with Crippen molar-refractivity contribution >= 4 is 11.7 Å². The fraction of sp³-hybridized carbons (Fsp3) is 0.167. The van der Waals surface area contributed by atoms with Crippen LogP contribution in [-0.2, 0) is 0 Å². The summed E-state index contributed by atoms with van der Waals surface area (Å²) in [5, 5.41) is 9.39. The third-order valence-electron chi connectivity index (χ3n) is 2.30. The van der Waals surface area contributed by atoms with Crippen molar-refractivity contribution in [3.63, 3.8) is 0 Å². The molecule has 2 rings (SSSR count). The van der Waals surface area contributed by atoms with Gasteiger partial charge in [-0.1, -0.05) is 0 Å². The first-order valence-corrected chi connectivity index (χ1v) is 5.16. The van der Waals surface area contributed by atoms with Gasteiger partial charge in [-0.25, -0.2) is 0 Å². The molecule has 0 saturated carbocycles. The molecule has 88 valence electrons. The number of ether oxygens (including phenoxy) is 1. The fourth-order valence-corrected chi connectivity index (χ4v) is 1.41. The summed E-state index contributed by atoms with van der Waals surface area (Å²) in [5.41, 5.74) is 1.46. The smallest absolute Gasteiger partial charge is 0.256 e. The Morgan fingerprint density at radius 3 is 2.59 bits per heavy atom. The molecule has 17 heavy (non-hydrogen) atoms. The number of hydrogen-bond donors (Lipinski definition) is 2. The van der Waals surface area contributed by atoms with Crippen molar-refractivity contribution in [3.8, 4) is 5.75 Å². The second-order valence-corrected chi connectivity index (χ2v) is 3.62. The first kappa shape index (κ1) is 11.2. The van der Waals surface area contributed by atoms with Crippen molar-refractivity contribution < 1.29 is 9.53 Å². The number of amides is 1. The Hall–Kier alpha value is -2.30. The van der Waals surface area contributed by atoms with Crippen LogP contribution in [0.15, 0.2) is 30.3 Å². The van der Waals surface area contributed by atoms with Crippen molar-refractivity contribution in [2.75, 3.05) is 12.4 Å². The predicted octanol–water partition coefficient (Wildman–Crippen LogP) is 1.98. The van der Waals surface area contributed by atoms with Crippen LogP contribution in [0.25, 0.3) is 0 Å². The Kier molecular flexibility index (Phi) is 3.09. The minimum absolute atomic E-state index is 0.195. The first-order chi connectivity index (χ1) is 8.19. The third kappa shape index (κ3) is 2.63. The normalized spacial score (nSPS) is 10.0. The van der Waals surface area contributed by atoms with E-state index in [0.717, 1.165) is 11.4 Å². The van der Waals surface area contributed by atoms with Crippen molar-refractivity contribution in [3.05, 3.63) is 41.6 Å². The summed E-state index contributed by atoms with van der Waals surface area (Å²) in [4.78, 5) is 11.8. The number of anilines is 1. The second kappa shape index (κ2) is 4.69. The second-order valence-electron chi connectivity index (χ2n) is 3.62. The zero-order valence-corrected chi connectivity index (χ0v) is 9.65. The molecule has 0 aliphatic heterocycles. The third-order valence-corrected chi connectivity index (χ3v) is 2.30. The van der Waals surface area contributed by atoms with Gasteiger partial charge in [0.1, 0.15) is 5.75 Å². The number of aryl methyl sites for hydroxylation is 1. The van der Waals surface area contributed by atoms with Crippen LogP contribution >= 0.6 is 0 Å². The average Bonchev–Trinajstić information content (AvgIpc) is 2.75. The summed E-state index contributed by atoms with van der Waals surface area (Å²) < 4.78 is 5.02. The standard InChI is InChI=1S/C12H13N3O2/c1-8-7-11(15-14-8)13-12(16)9-3-5-10(17-2)6-4-9/h3-7H,1-2H3,(H2,13,14,15,16). The lowest BCUT2D eigenvalue weighted by molar-refractivity contribution is 0.102. The largest absolute Gasteiger partial charge is 0.497 e. The first-order valence-electron chi connectivity index (χ1n) is 5.16. The molecular weight excluding hydrogens is 218 g/mol. The number of carbonyl (C=O) groups is 1. The maximum atomic E-state index is 11.8. The molecule has 5 heteroatoms. The molecule has 0 aliphatic rings. The number of aromatic amines is 1. The summed E-state index contributed by atoms with van der Waals surface area (Å²) in [6.45, 7) is 1.87. The number of carbonyl (C=O) groups excluding carboxylic acids is 1. The van der Waals surface area contributed by atoms with E-state index >= 15 is 0 Å². The lowest BCUT2D eigenvalue weighted by atomic mass is 10.2. The molecule has 0 atom stereocenters. The molecule has 0 bridgehead atoms.